The predicted molar refractivity (Wildman–Crippen MR) is 118 cm³/mol. The molecule has 160 valence electrons. The van der Waals surface area contributed by atoms with Crippen LogP contribution in [0.3, 0.4) is 0 Å². The molecule has 8 nitrogen and oxygen atoms in total. The topological polar surface area (TPSA) is 74.3 Å². The molecular formula is C22H29N5O3. The molecule has 30 heavy (non-hydrogen) atoms. The van der Waals surface area contributed by atoms with Crippen LogP contribution in [-0.2, 0) is 20.1 Å². The molecule has 0 saturated heterocycles. The zero-order chi connectivity index (χ0) is 21.6. The summed E-state index contributed by atoms with van der Waals surface area (Å²) >= 11 is 0. The fraction of sp³-hybridized carbons (Fsp3) is 0.500. The molecule has 0 N–H and O–H groups in total. The number of aromatic nitrogens is 4. The lowest BCUT2D eigenvalue weighted by Gasteiger charge is -2.30. The molecule has 1 aliphatic rings. The van der Waals surface area contributed by atoms with Crippen molar-refractivity contribution in [3.8, 4) is 5.75 Å². The summed E-state index contributed by atoms with van der Waals surface area (Å²) in [5.41, 5.74) is 2.38. The molecule has 0 amide bonds. The van der Waals surface area contributed by atoms with Crippen LogP contribution in [0.5, 0.6) is 5.75 Å². The largest absolute Gasteiger partial charge is 0.495 e. The van der Waals surface area contributed by atoms with E-state index in [1.54, 1.807) is 14.2 Å². The molecule has 8 heteroatoms. The lowest BCUT2D eigenvalue weighted by Crippen LogP contribution is -2.40. The first-order valence-electron chi connectivity index (χ1n) is 10.5. The summed E-state index contributed by atoms with van der Waals surface area (Å²) in [7, 11) is 3.34. The van der Waals surface area contributed by atoms with Gasteiger partial charge in [0, 0.05) is 26.7 Å². The van der Waals surface area contributed by atoms with E-state index in [0.29, 0.717) is 36.1 Å². The van der Waals surface area contributed by atoms with Crippen molar-refractivity contribution in [2.45, 2.75) is 46.7 Å². The van der Waals surface area contributed by atoms with Gasteiger partial charge in [0.1, 0.15) is 5.75 Å². The Labute approximate surface area is 175 Å². The number of benzene rings is 1. The highest BCUT2D eigenvalue weighted by atomic mass is 16.5. The number of methoxy groups -OCH3 is 1. The molecule has 0 spiro atoms. The van der Waals surface area contributed by atoms with Crippen LogP contribution >= 0.6 is 0 Å². The molecule has 2 aromatic heterocycles. The van der Waals surface area contributed by atoms with Crippen LogP contribution in [0.4, 0.5) is 11.6 Å². The van der Waals surface area contributed by atoms with Crippen molar-refractivity contribution in [3.05, 3.63) is 44.6 Å². The summed E-state index contributed by atoms with van der Waals surface area (Å²) < 4.78 is 10.4. The number of ether oxygens (including phenoxy) is 1. The lowest BCUT2D eigenvalue weighted by atomic mass is 10.1. The second-order valence-corrected chi connectivity index (χ2v) is 8.40. The van der Waals surface area contributed by atoms with E-state index in [2.05, 4.69) is 24.8 Å². The number of rotatable bonds is 5. The minimum absolute atomic E-state index is 0.259. The van der Waals surface area contributed by atoms with E-state index in [9.17, 15) is 9.59 Å². The highest BCUT2D eigenvalue weighted by Gasteiger charge is 2.28. The highest BCUT2D eigenvalue weighted by Crippen LogP contribution is 2.37. The van der Waals surface area contributed by atoms with Gasteiger partial charge in [-0.3, -0.25) is 13.9 Å². The van der Waals surface area contributed by atoms with Gasteiger partial charge in [-0.1, -0.05) is 19.9 Å². The van der Waals surface area contributed by atoms with Crippen molar-refractivity contribution >= 4 is 22.8 Å². The van der Waals surface area contributed by atoms with Crippen LogP contribution in [0.1, 0.15) is 32.3 Å². The van der Waals surface area contributed by atoms with E-state index < -0.39 is 0 Å². The number of fused-ring (bicyclic) bond motifs is 3. The Bertz CT molecular complexity index is 1220. The second-order valence-electron chi connectivity index (χ2n) is 8.40. The number of anilines is 2. The molecule has 0 aliphatic carbocycles. The van der Waals surface area contributed by atoms with Gasteiger partial charge in [-0.15, -0.1) is 0 Å². The molecule has 0 atom stereocenters. The maximum atomic E-state index is 13.3. The summed E-state index contributed by atoms with van der Waals surface area (Å²) in [5.74, 6) is 1.83. The quantitative estimate of drug-likeness (QED) is 0.645. The van der Waals surface area contributed by atoms with Crippen LogP contribution in [-0.4, -0.2) is 32.3 Å². The first kappa shape index (κ1) is 20.3. The molecule has 0 fully saturated rings. The Balaban J connectivity index is 1.94. The van der Waals surface area contributed by atoms with E-state index in [-0.39, 0.29) is 11.2 Å². The van der Waals surface area contributed by atoms with Crippen molar-refractivity contribution in [2.75, 3.05) is 18.6 Å². The summed E-state index contributed by atoms with van der Waals surface area (Å²) in [4.78, 5) is 33.0. The van der Waals surface area contributed by atoms with Gasteiger partial charge in [-0.2, -0.15) is 4.98 Å². The number of aryl methyl sites for hydroxylation is 3. The molecule has 0 radical (unpaired) electrons. The van der Waals surface area contributed by atoms with Gasteiger partial charge in [-0.25, -0.2) is 4.79 Å². The number of imidazole rings is 1. The zero-order valence-corrected chi connectivity index (χ0v) is 18.3. The Hall–Kier alpha value is -3.03. The van der Waals surface area contributed by atoms with E-state index in [4.69, 9.17) is 9.72 Å². The van der Waals surface area contributed by atoms with Crippen molar-refractivity contribution in [2.24, 2.45) is 13.0 Å². The Morgan fingerprint density at radius 3 is 2.67 bits per heavy atom. The Morgan fingerprint density at radius 2 is 1.97 bits per heavy atom. The van der Waals surface area contributed by atoms with Crippen LogP contribution < -0.4 is 20.9 Å². The van der Waals surface area contributed by atoms with Gasteiger partial charge in [0.2, 0.25) is 5.95 Å². The van der Waals surface area contributed by atoms with Crippen molar-refractivity contribution in [3.63, 3.8) is 0 Å². The summed E-state index contributed by atoms with van der Waals surface area (Å²) in [6, 6.07) is 6.01. The second kappa shape index (κ2) is 7.66. The molecule has 0 unspecified atom stereocenters. The molecule has 0 saturated carbocycles. The molecule has 0 bridgehead atoms. The van der Waals surface area contributed by atoms with E-state index >= 15 is 0 Å². The third-order valence-electron chi connectivity index (χ3n) is 5.77. The SMILES string of the molecule is COc1ccc(C)cc1N1CCCn2c1nc1c2c(=O)n(CCC(C)C)c(=O)n1C. The van der Waals surface area contributed by atoms with Gasteiger partial charge >= 0.3 is 5.69 Å². The maximum Gasteiger partial charge on any atom is 0.332 e. The number of nitrogens with zero attached hydrogens (tertiary/aromatic N) is 5. The van der Waals surface area contributed by atoms with E-state index in [0.717, 1.165) is 36.4 Å². The molecule has 1 aliphatic heterocycles. The van der Waals surface area contributed by atoms with Crippen LogP contribution in [0, 0.1) is 12.8 Å². The maximum absolute atomic E-state index is 13.3. The average molecular weight is 412 g/mol. The highest BCUT2D eigenvalue weighted by molar-refractivity contribution is 5.78. The first-order valence-corrected chi connectivity index (χ1v) is 10.5. The third-order valence-corrected chi connectivity index (χ3v) is 5.77. The number of hydrogen-bond acceptors (Lipinski definition) is 5. The summed E-state index contributed by atoms with van der Waals surface area (Å²) in [6.07, 6.45) is 1.64. The van der Waals surface area contributed by atoms with Gasteiger partial charge in [0.25, 0.3) is 5.56 Å². The van der Waals surface area contributed by atoms with Gasteiger partial charge in [0.05, 0.1) is 12.8 Å². The minimum Gasteiger partial charge on any atom is -0.495 e. The monoisotopic (exact) mass is 411 g/mol. The predicted octanol–water partition coefficient (Wildman–Crippen LogP) is 2.80. The van der Waals surface area contributed by atoms with Crippen molar-refractivity contribution in [1.82, 2.24) is 18.7 Å². The van der Waals surface area contributed by atoms with Crippen molar-refractivity contribution in [1.29, 1.82) is 0 Å². The zero-order valence-electron chi connectivity index (χ0n) is 18.3. The standard InChI is InChI=1S/C22H29N5O3/c1-14(2)9-12-27-20(28)18-19(24(4)22(27)29)23-21-25(10-6-11-26(18)21)16-13-15(3)7-8-17(16)30-5/h7-8,13-14H,6,9-12H2,1-5H3. The van der Waals surface area contributed by atoms with Gasteiger partial charge in [-0.05, 0) is 43.4 Å². The fourth-order valence-electron chi connectivity index (χ4n) is 4.09. The van der Waals surface area contributed by atoms with Crippen LogP contribution in [0.15, 0.2) is 27.8 Å². The summed E-state index contributed by atoms with van der Waals surface area (Å²) in [6.45, 7) is 8.07. The van der Waals surface area contributed by atoms with Crippen LogP contribution in [0.25, 0.3) is 11.2 Å². The first-order chi connectivity index (χ1) is 14.3. The third kappa shape index (κ3) is 3.20. The van der Waals surface area contributed by atoms with Crippen LogP contribution in [0.2, 0.25) is 0 Å². The molecule has 1 aromatic carbocycles. The van der Waals surface area contributed by atoms with E-state index in [1.807, 2.05) is 23.6 Å². The smallest absolute Gasteiger partial charge is 0.332 e. The Morgan fingerprint density at radius 1 is 1.20 bits per heavy atom. The van der Waals surface area contributed by atoms with E-state index in [1.165, 1.54) is 9.13 Å². The number of hydrogen-bond donors (Lipinski definition) is 0. The minimum atomic E-state index is -0.316. The molecule has 3 heterocycles. The average Bonchev–Trinajstić information content (AvgIpc) is 3.12. The fourth-order valence-corrected chi connectivity index (χ4v) is 4.09. The molecular weight excluding hydrogens is 382 g/mol. The molecule has 3 aromatic rings. The summed E-state index contributed by atoms with van der Waals surface area (Å²) in [5, 5.41) is 0. The Kier molecular flexibility index (Phi) is 5.17. The normalized spacial score (nSPS) is 13.9. The van der Waals surface area contributed by atoms with Crippen molar-refractivity contribution < 1.29 is 4.74 Å². The van der Waals surface area contributed by atoms with Gasteiger partial charge in [0.15, 0.2) is 11.2 Å². The lowest BCUT2D eigenvalue weighted by molar-refractivity contribution is 0.414. The van der Waals surface area contributed by atoms with Gasteiger partial charge < -0.3 is 14.2 Å². The molecule has 4 rings (SSSR count).